The van der Waals surface area contributed by atoms with E-state index >= 15 is 0 Å². The van der Waals surface area contributed by atoms with Gasteiger partial charge in [-0.2, -0.15) is 0 Å². The number of aliphatic hydroxyl groups excluding tert-OH is 1. The summed E-state index contributed by atoms with van der Waals surface area (Å²) in [5.74, 6) is -0.442. The summed E-state index contributed by atoms with van der Waals surface area (Å²) in [4.78, 5) is 2.37. The van der Waals surface area contributed by atoms with E-state index in [4.69, 9.17) is 16.3 Å². The Morgan fingerprint density at radius 1 is 1.50 bits per heavy atom. The lowest BCUT2D eigenvalue weighted by Crippen LogP contribution is -2.50. The van der Waals surface area contributed by atoms with Crippen LogP contribution in [0.2, 0.25) is 5.02 Å². The highest BCUT2D eigenvalue weighted by molar-refractivity contribution is 6.30. The van der Waals surface area contributed by atoms with Crippen LogP contribution in [0, 0.1) is 5.82 Å². The topological polar surface area (TPSA) is 32.7 Å². The van der Waals surface area contributed by atoms with Gasteiger partial charge in [-0.1, -0.05) is 23.7 Å². The van der Waals surface area contributed by atoms with Crippen LogP contribution >= 0.6 is 11.6 Å². The maximum atomic E-state index is 13.8. The van der Waals surface area contributed by atoms with Gasteiger partial charge in [0.05, 0.1) is 23.8 Å². The lowest BCUT2D eigenvalue weighted by atomic mass is 10.0. The third-order valence-electron chi connectivity index (χ3n) is 4.31. The van der Waals surface area contributed by atoms with Crippen LogP contribution in [0.4, 0.5) is 4.39 Å². The fourth-order valence-electron chi connectivity index (χ4n) is 3.14. The van der Waals surface area contributed by atoms with E-state index < -0.39 is 11.9 Å². The van der Waals surface area contributed by atoms with Gasteiger partial charge in [0.1, 0.15) is 5.82 Å². The molecule has 2 aliphatic heterocycles. The minimum atomic E-state index is -0.704. The summed E-state index contributed by atoms with van der Waals surface area (Å²) in [6, 6.07) is 5.37. The number of fused-ring (bicyclic) bond motifs is 1. The average molecular weight is 300 g/mol. The van der Waals surface area contributed by atoms with Gasteiger partial charge in [-0.3, -0.25) is 4.90 Å². The first-order valence-electron chi connectivity index (χ1n) is 7.12. The molecule has 2 saturated heterocycles. The van der Waals surface area contributed by atoms with Crippen molar-refractivity contribution in [3.8, 4) is 0 Å². The molecule has 0 amide bonds. The Morgan fingerprint density at radius 2 is 2.35 bits per heavy atom. The zero-order chi connectivity index (χ0) is 14.1. The summed E-state index contributed by atoms with van der Waals surface area (Å²) in [5.41, 5.74) is 0.442. The van der Waals surface area contributed by atoms with E-state index in [9.17, 15) is 9.50 Å². The van der Waals surface area contributed by atoms with Crippen LogP contribution in [0.5, 0.6) is 0 Å². The van der Waals surface area contributed by atoms with Crippen molar-refractivity contribution in [3.05, 3.63) is 34.6 Å². The fraction of sp³-hybridized carbons (Fsp3) is 0.600. The predicted octanol–water partition coefficient (Wildman–Crippen LogP) is 2.25. The fourth-order valence-corrected chi connectivity index (χ4v) is 3.33. The first-order chi connectivity index (χ1) is 9.65. The number of ether oxygens (including phenoxy) is 1. The summed E-state index contributed by atoms with van der Waals surface area (Å²) in [6.45, 7) is 2.47. The Kier molecular flexibility index (Phi) is 4.26. The Bertz CT molecular complexity index is 485. The van der Waals surface area contributed by atoms with Crippen molar-refractivity contribution in [3.63, 3.8) is 0 Å². The molecule has 0 aromatic heterocycles. The van der Waals surface area contributed by atoms with Gasteiger partial charge in [-0.05, 0) is 31.0 Å². The molecule has 3 unspecified atom stereocenters. The second-order valence-corrected chi connectivity index (χ2v) is 6.05. The van der Waals surface area contributed by atoms with E-state index in [0.29, 0.717) is 18.2 Å². The van der Waals surface area contributed by atoms with Crippen molar-refractivity contribution in [2.24, 2.45) is 0 Å². The maximum absolute atomic E-state index is 13.8. The summed E-state index contributed by atoms with van der Waals surface area (Å²) < 4.78 is 19.6. The smallest absolute Gasteiger partial charge is 0.145 e. The number of hydrogen-bond donors (Lipinski definition) is 1. The molecular weight excluding hydrogens is 281 g/mol. The zero-order valence-electron chi connectivity index (χ0n) is 11.3. The van der Waals surface area contributed by atoms with Crippen molar-refractivity contribution in [2.45, 2.75) is 37.5 Å². The van der Waals surface area contributed by atoms with Gasteiger partial charge in [0.2, 0.25) is 0 Å². The molecule has 0 spiro atoms. The highest BCUT2D eigenvalue weighted by Gasteiger charge is 2.35. The van der Waals surface area contributed by atoms with Crippen molar-refractivity contribution >= 4 is 11.6 Å². The van der Waals surface area contributed by atoms with Crippen LogP contribution in [-0.4, -0.2) is 48.0 Å². The lowest BCUT2D eigenvalue weighted by Gasteiger charge is -2.37. The molecule has 0 bridgehead atoms. The number of hydrogen-bond acceptors (Lipinski definition) is 3. The Morgan fingerprint density at radius 3 is 3.20 bits per heavy atom. The molecule has 3 rings (SSSR count). The third-order valence-corrected chi connectivity index (χ3v) is 4.60. The maximum Gasteiger partial charge on any atom is 0.145 e. The molecular formula is C15H19ClFNO2. The highest BCUT2D eigenvalue weighted by Crippen LogP contribution is 2.25. The molecule has 0 saturated carbocycles. The molecule has 2 fully saturated rings. The predicted molar refractivity (Wildman–Crippen MR) is 75.5 cm³/mol. The monoisotopic (exact) mass is 299 g/mol. The number of halogens is 2. The minimum absolute atomic E-state index is 0.0962. The molecule has 3 atom stereocenters. The molecule has 110 valence electrons. The van der Waals surface area contributed by atoms with Crippen LogP contribution in [0.3, 0.4) is 0 Å². The lowest BCUT2D eigenvalue weighted by molar-refractivity contribution is -0.101. The Hall–Kier alpha value is -0.680. The number of benzene rings is 1. The molecule has 0 radical (unpaired) electrons. The van der Waals surface area contributed by atoms with E-state index in [2.05, 4.69) is 4.90 Å². The first kappa shape index (κ1) is 14.3. The van der Waals surface area contributed by atoms with Crippen LogP contribution < -0.4 is 0 Å². The molecule has 20 heavy (non-hydrogen) atoms. The summed E-state index contributed by atoms with van der Waals surface area (Å²) in [7, 11) is 0. The molecule has 1 aromatic carbocycles. The van der Waals surface area contributed by atoms with Gasteiger partial charge >= 0.3 is 0 Å². The standard InChI is InChI=1S/C15H19ClFNO2/c16-12-5-1-3-10(15(12)17)7-13(19)14-8-18-6-2-4-11(18)9-20-14/h1,3,5,11,13-14,19H,2,4,6-9H2. The Balaban J connectivity index is 1.64. The second kappa shape index (κ2) is 5.98. The molecule has 3 nitrogen and oxygen atoms in total. The summed E-state index contributed by atoms with van der Waals surface area (Å²) in [5, 5.41) is 10.4. The van der Waals surface area contributed by atoms with Crippen molar-refractivity contribution < 1.29 is 14.2 Å². The van der Waals surface area contributed by atoms with E-state index in [-0.39, 0.29) is 17.5 Å². The minimum Gasteiger partial charge on any atom is -0.390 e. The molecule has 0 aliphatic carbocycles. The van der Waals surface area contributed by atoms with Gasteiger partial charge in [0.15, 0.2) is 0 Å². The Labute approximate surface area is 123 Å². The first-order valence-corrected chi connectivity index (χ1v) is 7.49. The van der Waals surface area contributed by atoms with Crippen LogP contribution in [-0.2, 0) is 11.2 Å². The highest BCUT2D eigenvalue weighted by atomic mass is 35.5. The van der Waals surface area contributed by atoms with Gasteiger partial charge in [-0.15, -0.1) is 0 Å². The van der Waals surface area contributed by atoms with Crippen molar-refractivity contribution in [1.29, 1.82) is 0 Å². The van der Waals surface area contributed by atoms with Crippen LogP contribution in [0.15, 0.2) is 18.2 Å². The van der Waals surface area contributed by atoms with Gasteiger partial charge in [0.25, 0.3) is 0 Å². The van der Waals surface area contributed by atoms with E-state index in [1.807, 2.05) is 0 Å². The molecule has 2 heterocycles. The van der Waals surface area contributed by atoms with E-state index in [0.717, 1.165) is 13.1 Å². The van der Waals surface area contributed by atoms with Crippen molar-refractivity contribution in [1.82, 2.24) is 4.90 Å². The normalized spacial score (nSPS) is 28.4. The van der Waals surface area contributed by atoms with Crippen molar-refractivity contribution in [2.75, 3.05) is 19.7 Å². The van der Waals surface area contributed by atoms with E-state index in [1.165, 1.54) is 18.9 Å². The number of morpholine rings is 1. The largest absolute Gasteiger partial charge is 0.390 e. The number of rotatable bonds is 3. The number of aliphatic hydroxyl groups is 1. The molecule has 1 aromatic rings. The summed E-state index contributed by atoms with van der Waals surface area (Å²) >= 11 is 5.76. The zero-order valence-corrected chi connectivity index (χ0v) is 12.0. The molecule has 2 aliphatic rings. The summed E-state index contributed by atoms with van der Waals surface area (Å²) in [6.07, 6.45) is 1.65. The average Bonchev–Trinajstić information content (AvgIpc) is 2.91. The number of nitrogens with zero attached hydrogens (tertiary/aromatic N) is 1. The molecule has 1 N–H and O–H groups in total. The quantitative estimate of drug-likeness (QED) is 0.929. The molecule has 5 heteroatoms. The van der Waals surface area contributed by atoms with Crippen LogP contribution in [0.1, 0.15) is 18.4 Å². The van der Waals surface area contributed by atoms with Gasteiger partial charge in [-0.25, -0.2) is 4.39 Å². The van der Waals surface area contributed by atoms with Gasteiger partial charge < -0.3 is 9.84 Å². The third kappa shape index (κ3) is 2.84. The van der Waals surface area contributed by atoms with E-state index in [1.54, 1.807) is 12.1 Å². The SMILES string of the molecule is OC(Cc1cccc(Cl)c1F)C1CN2CCCC2CO1. The second-order valence-electron chi connectivity index (χ2n) is 5.65. The van der Waals surface area contributed by atoms with Crippen LogP contribution in [0.25, 0.3) is 0 Å². The van der Waals surface area contributed by atoms with Gasteiger partial charge in [0, 0.05) is 19.0 Å².